The lowest BCUT2D eigenvalue weighted by Crippen LogP contribution is -1.98. The predicted octanol–water partition coefficient (Wildman–Crippen LogP) is 3.76. The van der Waals surface area contributed by atoms with Crippen LogP contribution in [0.3, 0.4) is 0 Å². The second-order valence-corrected chi connectivity index (χ2v) is 4.60. The number of nitrogens with one attached hydrogen (secondary N) is 1. The van der Waals surface area contributed by atoms with Gasteiger partial charge in [0.1, 0.15) is 0 Å². The van der Waals surface area contributed by atoms with E-state index in [0.29, 0.717) is 0 Å². The average Bonchev–Trinajstić information content (AvgIpc) is 2.54. The number of para-hydroxylation sites is 2. The van der Waals surface area contributed by atoms with Crippen LogP contribution in [0.1, 0.15) is 0 Å². The third-order valence-corrected chi connectivity index (χ3v) is 3.11. The zero-order valence-corrected chi connectivity index (χ0v) is 11.4. The zero-order valence-electron chi connectivity index (χ0n) is 11.4. The molecule has 0 saturated heterocycles. The molecule has 0 spiro atoms. The molecule has 0 fully saturated rings. The van der Waals surface area contributed by atoms with Gasteiger partial charge in [0.2, 0.25) is 5.56 Å². The molecule has 0 atom stereocenters. The van der Waals surface area contributed by atoms with Gasteiger partial charge in [-0.1, -0.05) is 42.5 Å². The number of aromatic nitrogens is 2. The van der Waals surface area contributed by atoms with Crippen molar-refractivity contribution in [3.8, 4) is 0 Å². The molecular weight excluding hydrogens is 260 g/mol. The van der Waals surface area contributed by atoms with Gasteiger partial charge in [0.05, 0.1) is 11.0 Å². The van der Waals surface area contributed by atoms with Crippen LogP contribution in [0.15, 0.2) is 83.8 Å². The summed E-state index contributed by atoms with van der Waals surface area (Å²) in [5, 5.41) is 2.40. The van der Waals surface area contributed by atoms with Crippen molar-refractivity contribution in [1.82, 2.24) is 9.97 Å². The maximum Gasteiger partial charge on any atom is 0.247 e. The van der Waals surface area contributed by atoms with Gasteiger partial charge in [0.15, 0.2) is 0 Å². The minimum absolute atomic E-state index is 0.0532. The molecule has 21 heavy (non-hydrogen) atoms. The van der Waals surface area contributed by atoms with Crippen LogP contribution < -0.4 is 5.56 Å². The Balaban J connectivity index is 0.000000160. The maximum absolute atomic E-state index is 10.2. The van der Waals surface area contributed by atoms with E-state index in [4.69, 9.17) is 0 Å². The lowest BCUT2D eigenvalue weighted by Gasteiger charge is -1.99. The molecule has 0 radical (unpaired) electrons. The molecule has 3 heteroatoms. The van der Waals surface area contributed by atoms with Crippen LogP contribution in [0, 0.1) is 0 Å². The minimum atomic E-state index is -0.0532. The SMILES string of the molecule is O=c1cccc[nH]1.c1ccc2nc3ccccc3cc2c1. The molecule has 0 unspecified atom stereocenters. The summed E-state index contributed by atoms with van der Waals surface area (Å²) in [5.74, 6) is 0. The Morgan fingerprint density at radius 2 is 1.29 bits per heavy atom. The van der Waals surface area contributed by atoms with Crippen molar-refractivity contribution in [3.05, 3.63) is 89.3 Å². The molecule has 0 bridgehead atoms. The first kappa shape index (κ1) is 13.1. The number of benzene rings is 2. The normalized spacial score (nSPS) is 10.1. The number of fused-ring (bicyclic) bond motifs is 2. The lowest BCUT2D eigenvalue weighted by atomic mass is 10.1. The Morgan fingerprint density at radius 3 is 1.76 bits per heavy atom. The Hall–Kier alpha value is -2.94. The summed E-state index contributed by atoms with van der Waals surface area (Å²) in [6.07, 6.45) is 1.60. The molecule has 1 N–H and O–H groups in total. The monoisotopic (exact) mass is 274 g/mol. The maximum atomic E-state index is 10.2. The third-order valence-electron chi connectivity index (χ3n) is 3.11. The van der Waals surface area contributed by atoms with E-state index in [0.717, 1.165) is 11.0 Å². The first-order chi connectivity index (χ1) is 10.3. The number of pyridine rings is 2. The minimum Gasteiger partial charge on any atom is -0.329 e. The molecule has 102 valence electrons. The molecule has 0 amide bonds. The number of hydrogen-bond acceptors (Lipinski definition) is 2. The van der Waals surface area contributed by atoms with E-state index in [2.05, 4.69) is 28.2 Å². The number of rotatable bonds is 0. The number of H-pyrrole nitrogens is 1. The summed E-state index contributed by atoms with van der Waals surface area (Å²) in [7, 11) is 0. The molecule has 0 aliphatic heterocycles. The second-order valence-electron chi connectivity index (χ2n) is 4.60. The molecule has 3 nitrogen and oxygen atoms in total. The van der Waals surface area contributed by atoms with Gasteiger partial charge in [-0.05, 0) is 24.3 Å². The van der Waals surface area contributed by atoms with E-state index in [1.54, 1.807) is 18.3 Å². The summed E-state index contributed by atoms with van der Waals surface area (Å²) >= 11 is 0. The molecule has 4 aromatic rings. The van der Waals surface area contributed by atoms with Gasteiger partial charge in [-0.3, -0.25) is 4.79 Å². The standard InChI is InChI=1S/C13H9N.C5H5NO/c1-3-7-12-10(5-1)9-11-6-2-4-8-13(11)14-12;7-5-3-1-2-4-6-5/h1-9H;1-4H,(H,6,7). The Kier molecular flexibility index (Phi) is 3.74. The first-order valence-corrected chi connectivity index (χ1v) is 6.71. The lowest BCUT2D eigenvalue weighted by molar-refractivity contribution is 1.24. The van der Waals surface area contributed by atoms with Crippen LogP contribution in [0.2, 0.25) is 0 Å². The van der Waals surface area contributed by atoms with Crippen LogP contribution in [-0.4, -0.2) is 9.97 Å². The fourth-order valence-corrected chi connectivity index (χ4v) is 2.10. The van der Waals surface area contributed by atoms with Gasteiger partial charge < -0.3 is 4.98 Å². The number of nitrogens with zero attached hydrogens (tertiary/aromatic N) is 1. The first-order valence-electron chi connectivity index (χ1n) is 6.71. The van der Waals surface area contributed by atoms with Crippen molar-refractivity contribution in [2.45, 2.75) is 0 Å². The highest BCUT2D eigenvalue weighted by Gasteiger charge is 1.96. The largest absolute Gasteiger partial charge is 0.329 e. The van der Waals surface area contributed by atoms with Crippen LogP contribution in [-0.2, 0) is 0 Å². The molecule has 0 aliphatic rings. The molecule has 2 aromatic heterocycles. The van der Waals surface area contributed by atoms with Crippen molar-refractivity contribution in [2.75, 3.05) is 0 Å². The summed E-state index contributed by atoms with van der Waals surface area (Å²) < 4.78 is 0. The Labute approximate surface area is 121 Å². The van der Waals surface area contributed by atoms with Crippen molar-refractivity contribution < 1.29 is 0 Å². The predicted molar refractivity (Wildman–Crippen MR) is 86.3 cm³/mol. The van der Waals surface area contributed by atoms with Crippen molar-refractivity contribution in [3.63, 3.8) is 0 Å². The molecule has 0 saturated carbocycles. The van der Waals surface area contributed by atoms with Gasteiger partial charge in [-0.15, -0.1) is 0 Å². The van der Waals surface area contributed by atoms with Gasteiger partial charge in [0, 0.05) is 23.0 Å². The van der Waals surface area contributed by atoms with E-state index in [9.17, 15) is 4.79 Å². The summed E-state index contributed by atoms with van der Waals surface area (Å²) in [4.78, 5) is 17.3. The molecule has 2 heterocycles. The van der Waals surface area contributed by atoms with Crippen molar-refractivity contribution in [2.24, 2.45) is 0 Å². The number of hydrogen-bond donors (Lipinski definition) is 1. The Bertz CT molecular complexity index is 806. The summed E-state index contributed by atoms with van der Waals surface area (Å²) in [5.41, 5.74) is 2.07. The zero-order chi connectivity index (χ0) is 14.5. The fraction of sp³-hybridized carbons (Fsp3) is 0. The fourth-order valence-electron chi connectivity index (χ4n) is 2.10. The van der Waals surface area contributed by atoms with E-state index >= 15 is 0 Å². The highest BCUT2D eigenvalue weighted by Crippen LogP contribution is 2.18. The van der Waals surface area contributed by atoms with Gasteiger partial charge in [-0.2, -0.15) is 0 Å². The van der Waals surface area contributed by atoms with Crippen LogP contribution >= 0.6 is 0 Å². The van der Waals surface area contributed by atoms with Crippen molar-refractivity contribution >= 4 is 21.8 Å². The van der Waals surface area contributed by atoms with E-state index < -0.39 is 0 Å². The van der Waals surface area contributed by atoms with Gasteiger partial charge in [-0.25, -0.2) is 4.98 Å². The Morgan fingerprint density at radius 1 is 0.714 bits per heavy atom. The molecule has 2 aromatic carbocycles. The molecule has 0 aliphatic carbocycles. The quantitative estimate of drug-likeness (QED) is 0.496. The van der Waals surface area contributed by atoms with E-state index in [1.165, 1.54) is 16.8 Å². The highest BCUT2D eigenvalue weighted by atomic mass is 16.1. The van der Waals surface area contributed by atoms with Crippen LogP contribution in [0.25, 0.3) is 21.8 Å². The summed E-state index contributed by atoms with van der Waals surface area (Å²) in [6, 6.07) is 23.5. The summed E-state index contributed by atoms with van der Waals surface area (Å²) in [6.45, 7) is 0. The third kappa shape index (κ3) is 3.15. The smallest absolute Gasteiger partial charge is 0.247 e. The topological polar surface area (TPSA) is 45.8 Å². The number of aromatic amines is 1. The van der Waals surface area contributed by atoms with Crippen molar-refractivity contribution in [1.29, 1.82) is 0 Å². The molecular formula is C18H14N2O. The van der Waals surface area contributed by atoms with Crippen LogP contribution in [0.4, 0.5) is 0 Å². The average molecular weight is 274 g/mol. The van der Waals surface area contributed by atoms with E-state index in [1.807, 2.05) is 36.4 Å². The van der Waals surface area contributed by atoms with Gasteiger partial charge >= 0.3 is 0 Å². The molecule has 4 rings (SSSR count). The van der Waals surface area contributed by atoms with Gasteiger partial charge in [0.25, 0.3) is 0 Å². The highest BCUT2D eigenvalue weighted by molar-refractivity contribution is 5.92. The second kappa shape index (κ2) is 6.01. The van der Waals surface area contributed by atoms with E-state index in [-0.39, 0.29) is 5.56 Å². The van der Waals surface area contributed by atoms with Crippen LogP contribution in [0.5, 0.6) is 0 Å².